The van der Waals surface area contributed by atoms with Crippen LogP contribution in [0.1, 0.15) is 27.9 Å². The number of hydrogen-bond acceptors (Lipinski definition) is 8. The molecule has 0 unspecified atom stereocenters. The van der Waals surface area contributed by atoms with Crippen LogP contribution in [0, 0.1) is 36.5 Å². The highest BCUT2D eigenvalue weighted by Crippen LogP contribution is 2.27. The lowest BCUT2D eigenvalue weighted by Crippen LogP contribution is -2.44. The Kier molecular flexibility index (Phi) is 7.92. The second-order valence-electron chi connectivity index (χ2n) is 9.08. The van der Waals surface area contributed by atoms with Gasteiger partial charge in [-0.3, -0.25) is 4.90 Å². The van der Waals surface area contributed by atoms with Gasteiger partial charge in [0.25, 0.3) is 0 Å². The fraction of sp³-hybridized carbons (Fsp3) is 0.286. The predicted octanol–water partition coefficient (Wildman–Crippen LogP) is 4.74. The molecule has 0 bridgehead atoms. The van der Waals surface area contributed by atoms with Gasteiger partial charge in [-0.15, -0.1) is 0 Å². The van der Waals surface area contributed by atoms with Crippen molar-refractivity contribution in [2.24, 2.45) is 0 Å². The Hall–Kier alpha value is -4.24. The molecule has 0 amide bonds. The van der Waals surface area contributed by atoms with Crippen molar-refractivity contribution >= 4 is 29.2 Å². The maximum absolute atomic E-state index is 9.08. The third-order valence-electron chi connectivity index (χ3n) is 6.19. The van der Waals surface area contributed by atoms with Crippen molar-refractivity contribution in [2.45, 2.75) is 20.4 Å². The number of hydrogen-bond donors (Lipinski definition) is 2. The van der Waals surface area contributed by atoms with Gasteiger partial charge in [0.1, 0.15) is 5.82 Å². The molecule has 8 nitrogen and oxygen atoms in total. The summed E-state index contributed by atoms with van der Waals surface area (Å²) in [6, 6.07) is 17.5. The van der Waals surface area contributed by atoms with E-state index in [0.29, 0.717) is 17.3 Å². The Morgan fingerprint density at radius 1 is 0.944 bits per heavy atom. The first-order valence-electron chi connectivity index (χ1n) is 11.9. The molecular formula is C28H30N8. The van der Waals surface area contributed by atoms with Gasteiger partial charge >= 0.3 is 0 Å². The maximum atomic E-state index is 9.08. The first kappa shape index (κ1) is 24.9. The Balaban J connectivity index is 1.63. The minimum Gasteiger partial charge on any atom is -0.340 e. The van der Waals surface area contributed by atoms with E-state index in [-0.39, 0.29) is 0 Å². The maximum Gasteiger partial charge on any atom is 0.229 e. The number of benzene rings is 2. The topological polar surface area (TPSA) is 104 Å². The van der Waals surface area contributed by atoms with Crippen molar-refractivity contribution in [3.05, 3.63) is 76.5 Å². The standard InChI is InChI=1S/C28H30N8/c1-20-15-23(5-4-10-29)16-21(2)27(20)33-26-17-25(19-36-13-11-35(3)12-14-36)32-28(34-26)31-24-8-6-22(18-30)7-9-24/h4-9,15-17H,11-14,19H2,1-3H3,(H2,31,32,33,34). The molecule has 36 heavy (non-hydrogen) atoms. The summed E-state index contributed by atoms with van der Waals surface area (Å²) in [7, 11) is 2.15. The molecule has 0 atom stereocenters. The summed E-state index contributed by atoms with van der Waals surface area (Å²) in [5.74, 6) is 1.20. The van der Waals surface area contributed by atoms with Crippen LogP contribution in [0.15, 0.2) is 48.5 Å². The van der Waals surface area contributed by atoms with Crippen molar-refractivity contribution < 1.29 is 0 Å². The molecule has 2 N–H and O–H groups in total. The van der Waals surface area contributed by atoms with Gasteiger partial charge in [-0.1, -0.05) is 0 Å². The molecule has 8 heteroatoms. The van der Waals surface area contributed by atoms with Gasteiger partial charge in [0, 0.05) is 56.2 Å². The third-order valence-corrected chi connectivity index (χ3v) is 6.19. The number of aryl methyl sites for hydroxylation is 2. The van der Waals surface area contributed by atoms with Crippen molar-refractivity contribution in [2.75, 3.05) is 43.9 Å². The number of aromatic nitrogens is 2. The van der Waals surface area contributed by atoms with Crippen LogP contribution in [0.5, 0.6) is 0 Å². The molecule has 1 aromatic heterocycles. The van der Waals surface area contributed by atoms with E-state index in [4.69, 9.17) is 20.5 Å². The first-order chi connectivity index (χ1) is 17.4. The van der Waals surface area contributed by atoms with E-state index < -0.39 is 0 Å². The number of nitrogens with one attached hydrogen (secondary N) is 2. The van der Waals surface area contributed by atoms with E-state index in [0.717, 1.165) is 66.5 Å². The minimum atomic E-state index is 0.498. The molecule has 4 rings (SSSR count). The molecule has 2 heterocycles. The number of allylic oxidation sites excluding steroid dienone is 1. The first-order valence-corrected chi connectivity index (χ1v) is 11.9. The summed E-state index contributed by atoms with van der Waals surface area (Å²) in [6.07, 6.45) is 3.29. The summed E-state index contributed by atoms with van der Waals surface area (Å²) in [5, 5.41) is 24.7. The number of piperazine rings is 1. The normalized spacial score (nSPS) is 14.4. The summed E-state index contributed by atoms with van der Waals surface area (Å²) >= 11 is 0. The van der Waals surface area contributed by atoms with Gasteiger partial charge in [0.2, 0.25) is 5.95 Å². The van der Waals surface area contributed by atoms with E-state index in [1.807, 2.05) is 56.3 Å². The average molecular weight is 479 g/mol. The molecule has 0 radical (unpaired) electrons. The Morgan fingerprint density at radius 3 is 2.28 bits per heavy atom. The lowest BCUT2D eigenvalue weighted by molar-refractivity contribution is 0.147. The van der Waals surface area contributed by atoms with E-state index >= 15 is 0 Å². The average Bonchev–Trinajstić information content (AvgIpc) is 2.87. The highest BCUT2D eigenvalue weighted by Gasteiger charge is 2.16. The van der Waals surface area contributed by atoms with Crippen LogP contribution in [-0.4, -0.2) is 53.0 Å². The van der Waals surface area contributed by atoms with Crippen molar-refractivity contribution in [1.82, 2.24) is 19.8 Å². The zero-order valence-electron chi connectivity index (χ0n) is 20.9. The summed E-state index contributed by atoms with van der Waals surface area (Å²) in [4.78, 5) is 14.3. The molecule has 1 fully saturated rings. The molecule has 1 saturated heterocycles. The van der Waals surface area contributed by atoms with Gasteiger partial charge in [-0.05, 0) is 80.1 Å². The Labute approximate surface area is 212 Å². The van der Waals surface area contributed by atoms with E-state index in [2.05, 4.69) is 33.6 Å². The van der Waals surface area contributed by atoms with Gasteiger partial charge in [0.05, 0.1) is 23.4 Å². The van der Waals surface area contributed by atoms with Crippen LogP contribution in [0.3, 0.4) is 0 Å². The molecule has 3 aromatic rings. The molecule has 1 aliphatic rings. The number of anilines is 4. The monoisotopic (exact) mass is 478 g/mol. The van der Waals surface area contributed by atoms with E-state index in [1.165, 1.54) is 6.08 Å². The molecule has 0 saturated carbocycles. The van der Waals surface area contributed by atoms with E-state index in [9.17, 15) is 0 Å². The van der Waals surface area contributed by atoms with Crippen LogP contribution in [0.25, 0.3) is 6.08 Å². The van der Waals surface area contributed by atoms with Crippen molar-refractivity contribution in [1.29, 1.82) is 10.5 Å². The van der Waals surface area contributed by atoms with Gasteiger partial charge in [-0.25, -0.2) is 4.98 Å². The Bertz CT molecular complexity index is 1300. The highest BCUT2D eigenvalue weighted by molar-refractivity contribution is 5.69. The molecule has 1 aliphatic heterocycles. The number of nitrogens with zero attached hydrogens (tertiary/aromatic N) is 6. The fourth-order valence-corrected chi connectivity index (χ4v) is 4.24. The third kappa shape index (κ3) is 6.45. The summed E-state index contributed by atoms with van der Waals surface area (Å²) in [6.45, 7) is 8.90. The SMILES string of the molecule is Cc1cc(C=CC#N)cc(C)c1Nc1cc(CN2CCN(C)CC2)nc(Nc2ccc(C#N)cc2)n1. The van der Waals surface area contributed by atoms with E-state index in [1.54, 1.807) is 12.1 Å². The molecular weight excluding hydrogens is 448 g/mol. The zero-order valence-corrected chi connectivity index (χ0v) is 20.9. The van der Waals surface area contributed by atoms with Crippen LogP contribution in [0.2, 0.25) is 0 Å². The van der Waals surface area contributed by atoms with Crippen LogP contribution in [0.4, 0.5) is 23.1 Å². The molecule has 182 valence electrons. The summed E-state index contributed by atoms with van der Waals surface area (Å²) < 4.78 is 0. The molecule has 0 spiro atoms. The number of likely N-dealkylation sites (N-methyl/N-ethyl adjacent to an activating group) is 1. The number of rotatable bonds is 7. The lowest BCUT2D eigenvalue weighted by atomic mass is 10.0. The molecule has 0 aliphatic carbocycles. The van der Waals surface area contributed by atoms with Crippen LogP contribution >= 0.6 is 0 Å². The fourth-order valence-electron chi connectivity index (χ4n) is 4.24. The van der Waals surface area contributed by atoms with Crippen LogP contribution < -0.4 is 10.6 Å². The van der Waals surface area contributed by atoms with Crippen molar-refractivity contribution in [3.63, 3.8) is 0 Å². The number of nitriles is 2. The second-order valence-corrected chi connectivity index (χ2v) is 9.08. The minimum absolute atomic E-state index is 0.498. The van der Waals surface area contributed by atoms with Gasteiger partial charge in [0.15, 0.2) is 0 Å². The van der Waals surface area contributed by atoms with Gasteiger partial charge < -0.3 is 15.5 Å². The second kappa shape index (κ2) is 11.5. The largest absolute Gasteiger partial charge is 0.340 e. The lowest BCUT2D eigenvalue weighted by Gasteiger charge is -2.32. The Morgan fingerprint density at radius 2 is 1.64 bits per heavy atom. The quantitative estimate of drug-likeness (QED) is 0.470. The van der Waals surface area contributed by atoms with Crippen molar-refractivity contribution in [3.8, 4) is 12.1 Å². The smallest absolute Gasteiger partial charge is 0.229 e. The predicted molar refractivity (Wildman–Crippen MR) is 143 cm³/mol. The molecule has 2 aromatic carbocycles. The zero-order chi connectivity index (χ0) is 25.5. The summed E-state index contributed by atoms with van der Waals surface area (Å²) in [5.41, 5.74) is 6.44. The van der Waals surface area contributed by atoms with Crippen LogP contribution in [-0.2, 0) is 6.54 Å². The van der Waals surface area contributed by atoms with Gasteiger partial charge in [-0.2, -0.15) is 15.5 Å². The highest BCUT2D eigenvalue weighted by atomic mass is 15.3.